The number of benzene rings is 2. The van der Waals surface area contributed by atoms with E-state index in [1.165, 1.54) is 11.8 Å². The van der Waals surface area contributed by atoms with Gasteiger partial charge in [-0.15, -0.1) is 0 Å². The van der Waals surface area contributed by atoms with Gasteiger partial charge in [0, 0.05) is 24.4 Å². The van der Waals surface area contributed by atoms with Gasteiger partial charge < -0.3 is 9.47 Å². The molecule has 3 aromatic rings. The van der Waals surface area contributed by atoms with E-state index in [1.807, 2.05) is 66.3 Å². The van der Waals surface area contributed by atoms with Gasteiger partial charge in [-0.1, -0.05) is 55.5 Å². The minimum atomic E-state index is -0.105. The van der Waals surface area contributed by atoms with Crippen LogP contribution in [0.2, 0.25) is 0 Å². The number of carbonyl (C=O) groups excluding carboxylic acids is 1. The van der Waals surface area contributed by atoms with Crippen molar-refractivity contribution in [3.63, 3.8) is 0 Å². The topological polar surface area (TPSA) is 56.6 Å². The first-order chi connectivity index (χ1) is 17.0. The minimum absolute atomic E-state index is 0.105. The van der Waals surface area contributed by atoms with E-state index in [4.69, 9.17) is 26.8 Å². The van der Waals surface area contributed by atoms with Gasteiger partial charge >= 0.3 is 0 Å². The SMILES string of the molecule is CCCCOc1ccc(-c2nn(-c3ccccc3)cc2C=C2SC(=S)N(CCOC)C2=O)cc1C. The van der Waals surface area contributed by atoms with Crippen molar-refractivity contribution >= 4 is 40.3 Å². The maximum absolute atomic E-state index is 13.0. The summed E-state index contributed by atoms with van der Waals surface area (Å²) in [6, 6.07) is 16.0. The molecule has 6 nitrogen and oxygen atoms in total. The fourth-order valence-corrected chi connectivity index (χ4v) is 5.03. The molecule has 0 saturated carbocycles. The summed E-state index contributed by atoms with van der Waals surface area (Å²) in [7, 11) is 1.61. The molecule has 1 saturated heterocycles. The first-order valence-corrected chi connectivity index (χ1v) is 12.9. The Morgan fingerprint density at radius 3 is 2.66 bits per heavy atom. The van der Waals surface area contributed by atoms with Gasteiger partial charge in [0.2, 0.25) is 0 Å². The quantitative estimate of drug-likeness (QED) is 0.194. The fourth-order valence-electron chi connectivity index (χ4n) is 3.73. The second-order valence-electron chi connectivity index (χ2n) is 8.22. The predicted octanol–water partition coefficient (Wildman–Crippen LogP) is 5.87. The lowest BCUT2D eigenvalue weighted by Gasteiger charge is -2.12. The summed E-state index contributed by atoms with van der Waals surface area (Å²) in [6.07, 6.45) is 5.95. The van der Waals surface area contributed by atoms with Gasteiger partial charge in [-0.3, -0.25) is 9.69 Å². The number of ether oxygens (including phenoxy) is 2. The number of aromatic nitrogens is 2. The van der Waals surface area contributed by atoms with Gasteiger partial charge in [0.25, 0.3) is 5.91 Å². The van der Waals surface area contributed by atoms with Crippen molar-refractivity contribution < 1.29 is 14.3 Å². The van der Waals surface area contributed by atoms with E-state index in [0.29, 0.717) is 29.0 Å². The highest BCUT2D eigenvalue weighted by atomic mass is 32.2. The molecule has 0 radical (unpaired) electrons. The summed E-state index contributed by atoms with van der Waals surface area (Å²) in [6.45, 7) is 5.76. The maximum Gasteiger partial charge on any atom is 0.266 e. The largest absolute Gasteiger partial charge is 0.493 e. The Morgan fingerprint density at radius 1 is 1.14 bits per heavy atom. The molecule has 8 heteroatoms. The summed E-state index contributed by atoms with van der Waals surface area (Å²) in [5.74, 6) is 0.775. The summed E-state index contributed by atoms with van der Waals surface area (Å²) in [5.41, 5.74) is 4.59. The van der Waals surface area contributed by atoms with Crippen LogP contribution in [0.15, 0.2) is 59.6 Å². The highest BCUT2D eigenvalue weighted by Gasteiger charge is 2.32. The lowest BCUT2D eigenvalue weighted by atomic mass is 10.0. The van der Waals surface area contributed by atoms with Crippen LogP contribution < -0.4 is 4.74 Å². The van der Waals surface area contributed by atoms with Crippen LogP contribution in [-0.2, 0) is 9.53 Å². The second-order valence-corrected chi connectivity index (χ2v) is 9.90. The Bertz CT molecular complexity index is 1240. The number of aryl methyl sites for hydroxylation is 1. The van der Waals surface area contributed by atoms with Crippen molar-refractivity contribution in [1.82, 2.24) is 14.7 Å². The molecule has 0 unspecified atom stereocenters. The van der Waals surface area contributed by atoms with Gasteiger partial charge in [0.1, 0.15) is 15.8 Å². The molecule has 4 rings (SSSR count). The number of hydrogen-bond donors (Lipinski definition) is 0. The van der Waals surface area contributed by atoms with E-state index in [9.17, 15) is 4.79 Å². The van der Waals surface area contributed by atoms with Crippen LogP contribution >= 0.6 is 24.0 Å². The van der Waals surface area contributed by atoms with Crippen molar-refractivity contribution in [2.75, 3.05) is 26.9 Å². The lowest BCUT2D eigenvalue weighted by Crippen LogP contribution is -2.31. The Balaban J connectivity index is 1.72. The molecule has 35 heavy (non-hydrogen) atoms. The number of rotatable bonds is 10. The molecule has 0 aliphatic carbocycles. The molecule has 0 bridgehead atoms. The first-order valence-electron chi connectivity index (χ1n) is 11.6. The zero-order valence-corrected chi connectivity index (χ0v) is 21.8. The average molecular weight is 508 g/mol. The highest BCUT2D eigenvalue weighted by molar-refractivity contribution is 8.26. The number of unbranched alkanes of at least 4 members (excludes halogenated alkanes) is 1. The summed E-state index contributed by atoms with van der Waals surface area (Å²) in [4.78, 5) is 15.2. The number of amides is 1. The Kier molecular flexibility index (Phi) is 8.38. The molecule has 1 aliphatic heterocycles. The van der Waals surface area contributed by atoms with Gasteiger partial charge in [-0.05, 0) is 55.3 Å². The van der Waals surface area contributed by atoms with E-state index in [0.717, 1.165) is 46.7 Å². The number of hydrogen-bond acceptors (Lipinski definition) is 6. The fraction of sp³-hybridized carbons (Fsp3) is 0.296. The first kappa shape index (κ1) is 25.2. The van der Waals surface area contributed by atoms with Crippen LogP contribution in [0.4, 0.5) is 0 Å². The standard InChI is InChI=1S/C27H29N3O3S2/c1-4-5-14-33-23-12-11-20(16-19(23)2)25-21(18-30(28-25)22-9-7-6-8-10-22)17-24-26(31)29(13-15-32-3)27(34)35-24/h6-12,16-18H,4-5,13-15H2,1-3H3. The van der Waals surface area contributed by atoms with Crippen LogP contribution in [0, 0.1) is 6.92 Å². The monoisotopic (exact) mass is 507 g/mol. The van der Waals surface area contributed by atoms with E-state index in [2.05, 4.69) is 13.0 Å². The van der Waals surface area contributed by atoms with Crippen LogP contribution in [0.5, 0.6) is 5.75 Å². The number of thioether (sulfide) groups is 1. The van der Waals surface area contributed by atoms with Crippen LogP contribution in [0.25, 0.3) is 23.0 Å². The third-order valence-corrected chi connectivity index (χ3v) is 7.02. The Morgan fingerprint density at radius 2 is 1.94 bits per heavy atom. The summed E-state index contributed by atoms with van der Waals surface area (Å²) >= 11 is 6.75. The number of para-hydroxylation sites is 1. The van der Waals surface area contributed by atoms with E-state index in [1.54, 1.807) is 12.0 Å². The molecular formula is C27H29N3O3S2. The molecule has 0 atom stereocenters. The highest BCUT2D eigenvalue weighted by Crippen LogP contribution is 2.35. The van der Waals surface area contributed by atoms with Gasteiger partial charge in [-0.25, -0.2) is 4.68 Å². The Labute approximate surface area is 215 Å². The molecule has 1 aliphatic rings. The van der Waals surface area contributed by atoms with Crippen LogP contribution in [-0.4, -0.2) is 51.8 Å². The van der Waals surface area contributed by atoms with Crippen LogP contribution in [0.1, 0.15) is 30.9 Å². The molecule has 0 spiro atoms. The number of carbonyl (C=O) groups is 1. The van der Waals surface area contributed by atoms with Gasteiger partial charge in [0.15, 0.2) is 0 Å². The summed E-state index contributed by atoms with van der Waals surface area (Å²) in [5, 5.41) is 4.90. The van der Waals surface area contributed by atoms with Crippen molar-refractivity contribution in [1.29, 1.82) is 0 Å². The summed E-state index contributed by atoms with van der Waals surface area (Å²) < 4.78 is 13.4. The molecule has 1 aromatic heterocycles. The molecule has 2 aromatic carbocycles. The van der Waals surface area contributed by atoms with E-state index >= 15 is 0 Å². The molecule has 0 N–H and O–H groups in total. The zero-order chi connectivity index (χ0) is 24.8. The third kappa shape index (κ3) is 5.83. The van der Waals surface area contributed by atoms with Crippen LogP contribution in [0.3, 0.4) is 0 Å². The number of methoxy groups -OCH3 is 1. The lowest BCUT2D eigenvalue weighted by molar-refractivity contribution is -0.122. The average Bonchev–Trinajstić information content (AvgIpc) is 3.40. The van der Waals surface area contributed by atoms with Crippen molar-refractivity contribution in [2.24, 2.45) is 0 Å². The molecule has 1 amide bonds. The van der Waals surface area contributed by atoms with Gasteiger partial charge in [0.05, 0.1) is 30.4 Å². The molecule has 2 heterocycles. The predicted molar refractivity (Wildman–Crippen MR) is 146 cm³/mol. The van der Waals surface area contributed by atoms with E-state index in [-0.39, 0.29) is 5.91 Å². The molecular weight excluding hydrogens is 478 g/mol. The maximum atomic E-state index is 13.0. The third-order valence-electron chi connectivity index (χ3n) is 5.65. The van der Waals surface area contributed by atoms with E-state index < -0.39 is 0 Å². The second kappa shape index (κ2) is 11.7. The van der Waals surface area contributed by atoms with Crippen molar-refractivity contribution in [3.8, 4) is 22.7 Å². The zero-order valence-electron chi connectivity index (χ0n) is 20.2. The minimum Gasteiger partial charge on any atom is -0.493 e. The number of thiocarbonyl (C=S) groups is 1. The smallest absolute Gasteiger partial charge is 0.266 e. The van der Waals surface area contributed by atoms with Crippen molar-refractivity contribution in [3.05, 3.63) is 70.8 Å². The van der Waals surface area contributed by atoms with Gasteiger partial charge in [-0.2, -0.15) is 5.10 Å². The molecule has 182 valence electrons. The van der Waals surface area contributed by atoms with Crippen molar-refractivity contribution in [2.45, 2.75) is 26.7 Å². The number of nitrogens with zero attached hydrogens (tertiary/aromatic N) is 3. The molecule has 1 fully saturated rings. The Hall–Kier alpha value is -2.94. The normalized spacial score (nSPS) is 14.8.